The fourth-order valence-corrected chi connectivity index (χ4v) is 5.62. The first-order valence-electron chi connectivity index (χ1n) is 11.8. The summed E-state index contributed by atoms with van der Waals surface area (Å²) in [6, 6.07) is 9.96. The number of ether oxygens (including phenoxy) is 2. The Kier molecular flexibility index (Phi) is 8.77. The summed E-state index contributed by atoms with van der Waals surface area (Å²) in [5.74, 6) is -0.0864. The van der Waals surface area contributed by atoms with E-state index in [0.29, 0.717) is 23.1 Å². The summed E-state index contributed by atoms with van der Waals surface area (Å²) in [6.45, 7) is 8.22. The van der Waals surface area contributed by atoms with E-state index >= 15 is 0 Å². The second kappa shape index (κ2) is 11.2. The number of quaternary nitrogens is 1. The first kappa shape index (κ1) is 27.4. The molecule has 0 spiro atoms. The number of fused-ring (bicyclic) bond motifs is 3. The second-order valence-electron chi connectivity index (χ2n) is 10.4. The average molecular weight is 566 g/mol. The molecule has 0 saturated carbocycles. The number of thiophene rings is 1. The van der Waals surface area contributed by atoms with Crippen molar-refractivity contribution < 1.29 is 45.3 Å². The Balaban J connectivity index is 0.00000342. The van der Waals surface area contributed by atoms with Crippen LogP contribution in [0.4, 0.5) is 4.79 Å². The number of piperidine rings is 3. The maximum atomic E-state index is 13.3. The lowest BCUT2D eigenvalue weighted by Crippen LogP contribution is -3.00. The molecular formula is C26H33BrN2O5S. The van der Waals surface area contributed by atoms with Crippen molar-refractivity contribution in [3.8, 4) is 0 Å². The Labute approximate surface area is 221 Å². The predicted octanol–water partition coefficient (Wildman–Crippen LogP) is 1.35. The number of esters is 1. The van der Waals surface area contributed by atoms with Crippen LogP contribution in [0, 0.1) is 5.92 Å². The highest BCUT2D eigenvalue weighted by atomic mass is 79.9. The summed E-state index contributed by atoms with van der Waals surface area (Å²) in [4.78, 5) is 38.6. The average Bonchev–Trinajstić information content (AvgIpc) is 3.33. The van der Waals surface area contributed by atoms with Crippen LogP contribution in [0.1, 0.15) is 55.6 Å². The normalized spacial score (nSPS) is 24.1. The molecule has 1 N–H and O–H groups in total. The van der Waals surface area contributed by atoms with E-state index < -0.39 is 23.7 Å². The number of halogens is 1. The molecule has 9 heteroatoms. The fourth-order valence-electron chi connectivity index (χ4n) is 4.96. The van der Waals surface area contributed by atoms with Gasteiger partial charge < -0.3 is 36.3 Å². The lowest BCUT2D eigenvalue weighted by Gasteiger charge is -2.51. The van der Waals surface area contributed by atoms with Crippen LogP contribution >= 0.6 is 11.3 Å². The summed E-state index contributed by atoms with van der Waals surface area (Å²) in [7, 11) is 0. The lowest BCUT2D eigenvalue weighted by molar-refractivity contribution is -0.938. The van der Waals surface area contributed by atoms with Gasteiger partial charge in [-0.05, 0) is 37.8 Å². The van der Waals surface area contributed by atoms with Gasteiger partial charge in [-0.3, -0.25) is 4.79 Å². The molecule has 35 heavy (non-hydrogen) atoms. The number of hydrogen-bond acceptors (Lipinski definition) is 6. The molecule has 1 amide bonds. The van der Waals surface area contributed by atoms with Crippen molar-refractivity contribution in [1.82, 2.24) is 5.32 Å². The minimum atomic E-state index is -0.965. The summed E-state index contributed by atoms with van der Waals surface area (Å²) >= 11 is 1.52. The Morgan fingerprint density at radius 2 is 1.80 bits per heavy atom. The zero-order valence-electron chi connectivity index (χ0n) is 20.4. The third-order valence-corrected chi connectivity index (χ3v) is 7.34. The molecule has 3 aliphatic rings. The number of carbonyl (C=O) groups is 3. The number of nitrogens with one attached hydrogen (secondary N) is 1. The van der Waals surface area contributed by atoms with Gasteiger partial charge in [0.15, 0.2) is 12.1 Å². The van der Waals surface area contributed by atoms with Gasteiger partial charge in [0.2, 0.25) is 5.78 Å². The minimum Gasteiger partial charge on any atom is -1.00 e. The third kappa shape index (κ3) is 6.92. The largest absolute Gasteiger partial charge is 1.00 e. The van der Waals surface area contributed by atoms with Crippen molar-refractivity contribution in [2.45, 2.75) is 51.4 Å². The van der Waals surface area contributed by atoms with E-state index in [-0.39, 0.29) is 34.8 Å². The Morgan fingerprint density at radius 3 is 2.40 bits per heavy atom. The fraction of sp³-hybridized carbons (Fsp3) is 0.500. The van der Waals surface area contributed by atoms with Crippen LogP contribution in [0.2, 0.25) is 0 Å². The predicted molar refractivity (Wildman–Crippen MR) is 130 cm³/mol. The zero-order chi connectivity index (χ0) is 24.3. The highest BCUT2D eigenvalue weighted by Crippen LogP contribution is 2.36. The summed E-state index contributed by atoms with van der Waals surface area (Å²) in [6.07, 6.45) is 0.892. The van der Waals surface area contributed by atoms with Crippen molar-refractivity contribution in [2.75, 3.05) is 26.2 Å². The van der Waals surface area contributed by atoms with E-state index in [1.54, 1.807) is 32.9 Å². The maximum absolute atomic E-state index is 13.3. The van der Waals surface area contributed by atoms with Gasteiger partial charge >= 0.3 is 12.1 Å². The molecule has 2 atom stereocenters. The van der Waals surface area contributed by atoms with Gasteiger partial charge in [-0.15, -0.1) is 0 Å². The highest BCUT2D eigenvalue weighted by Gasteiger charge is 2.49. The number of carbonyl (C=O) groups excluding carboxylic acids is 3. The van der Waals surface area contributed by atoms with Gasteiger partial charge in [-0.1, -0.05) is 30.3 Å². The number of amides is 1. The van der Waals surface area contributed by atoms with Gasteiger partial charge in [0.1, 0.15) is 18.7 Å². The number of benzene rings is 1. The van der Waals surface area contributed by atoms with Gasteiger partial charge in [0.25, 0.3) is 0 Å². The topological polar surface area (TPSA) is 81.7 Å². The summed E-state index contributed by atoms with van der Waals surface area (Å²) < 4.78 is 12.1. The first-order valence-corrected chi connectivity index (χ1v) is 12.7. The minimum absolute atomic E-state index is 0. The van der Waals surface area contributed by atoms with E-state index in [9.17, 15) is 14.4 Å². The van der Waals surface area contributed by atoms with Gasteiger partial charge in [0.05, 0.1) is 13.1 Å². The van der Waals surface area contributed by atoms with Crippen molar-refractivity contribution in [1.29, 1.82) is 0 Å². The van der Waals surface area contributed by atoms with Gasteiger partial charge in [0, 0.05) is 29.7 Å². The molecular weight excluding hydrogens is 532 g/mol. The van der Waals surface area contributed by atoms with Gasteiger partial charge in [-0.25, -0.2) is 9.59 Å². The van der Waals surface area contributed by atoms with E-state index in [1.165, 1.54) is 11.3 Å². The van der Waals surface area contributed by atoms with E-state index in [0.717, 1.165) is 31.5 Å². The molecule has 1 aromatic carbocycles. The number of nitrogens with zero attached hydrogens (tertiary/aromatic N) is 1. The van der Waals surface area contributed by atoms with Crippen LogP contribution in [-0.4, -0.2) is 60.2 Å². The summed E-state index contributed by atoms with van der Waals surface area (Å²) in [5.41, 5.74) is 0.706. The van der Waals surface area contributed by atoms with Gasteiger partial charge in [-0.2, -0.15) is 11.3 Å². The van der Waals surface area contributed by atoms with E-state index in [1.807, 2.05) is 35.0 Å². The molecule has 2 aromatic rings. The molecule has 0 radical (unpaired) electrons. The Hall–Kier alpha value is -2.23. The van der Waals surface area contributed by atoms with Crippen LogP contribution < -0.4 is 22.3 Å². The number of hydrogen-bond donors (Lipinski definition) is 1. The Bertz CT molecular complexity index is 1010. The molecule has 2 bridgehead atoms. The lowest BCUT2D eigenvalue weighted by atomic mass is 9.82. The monoisotopic (exact) mass is 564 g/mol. The standard InChI is InChI=1S/C26H32N2O5S.BrH/c1-26(2,3)33-25(31)27-23(19-7-5-4-6-8-19)24(30)32-22-16-28(12-9-18(22)10-13-28)15-21(29)20-11-14-34-17-20;/h4-8,11,14,17-18,22-23H,9-10,12-13,15-16H2,1-3H3;1H/t18?,22-,23?,28?;/m0./s1. The third-order valence-electron chi connectivity index (χ3n) is 6.66. The maximum Gasteiger partial charge on any atom is 0.408 e. The molecule has 1 aromatic heterocycles. The van der Waals surface area contributed by atoms with Crippen molar-refractivity contribution in [3.63, 3.8) is 0 Å². The smallest absolute Gasteiger partial charge is 0.408 e. The van der Waals surface area contributed by atoms with Crippen molar-refractivity contribution in [3.05, 3.63) is 58.3 Å². The molecule has 190 valence electrons. The van der Waals surface area contributed by atoms with E-state index in [2.05, 4.69) is 5.32 Å². The van der Waals surface area contributed by atoms with Crippen molar-refractivity contribution in [2.24, 2.45) is 5.92 Å². The molecule has 3 fully saturated rings. The second-order valence-corrected chi connectivity index (χ2v) is 11.1. The number of rotatable bonds is 7. The molecule has 5 rings (SSSR count). The SMILES string of the molecule is CC(C)(C)OC(=O)NC(C(=O)O[C@H]1C[N+]2(CC(=O)c3ccsc3)CCC1CC2)c1ccccc1.[Br-]. The molecule has 0 aliphatic carbocycles. The molecule has 1 unspecified atom stereocenters. The molecule has 3 aliphatic heterocycles. The molecule has 7 nitrogen and oxygen atoms in total. The van der Waals surface area contributed by atoms with Crippen LogP contribution in [0.15, 0.2) is 47.2 Å². The van der Waals surface area contributed by atoms with Crippen LogP contribution in [0.5, 0.6) is 0 Å². The highest BCUT2D eigenvalue weighted by molar-refractivity contribution is 7.08. The molecule has 3 saturated heterocycles. The van der Waals surface area contributed by atoms with E-state index in [4.69, 9.17) is 9.47 Å². The number of Topliss-reactive ketones (excluding diaryl/α,β-unsaturated/α-hetero) is 1. The molecule has 4 heterocycles. The van der Waals surface area contributed by atoms with Crippen LogP contribution in [0.25, 0.3) is 0 Å². The van der Waals surface area contributed by atoms with Crippen molar-refractivity contribution >= 4 is 29.2 Å². The van der Waals surface area contributed by atoms with Crippen LogP contribution in [-0.2, 0) is 14.3 Å². The zero-order valence-corrected chi connectivity index (χ0v) is 22.8. The summed E-state index contributed by atoms with van der Waals surface area (Å²) in [5, 5.41) is 6.50. The first-order chi connectivity index (χ1) is 16.1. The number of ketones is 1. The van der Waals surface area contributed by atoms with Crippen LogP contribution in [0.3, 0.4) is 0 Å². The Morgan fingerprint density at radius 1 is 1.11 bits per heavy atom. The quantitative estimate of drug-likeness (QED) is 0.312. The number of alkyl carbamates (subject to hydrolysis) is 1.